The molecule has 0 bridgehead atoms. The zero-order chi connectivity index (χ0) is 13.1. The van der Waals surface area contributed by atoms with Crippen LogP contribution in [0.3, 0.4) is 0 Å². The van der Waals surface area contributed by atoms with Crippen molar-refractivity contribution >= 4 is 28.4 Å². The van der Waals surface area contributed by atoms with Crippen molar-refractivity contribution in [3.05, 3.63) is 41.4 Å². The van der Waals surface area contributed by atoms with Crippen LogP contribution in [0.1, 0.15) is 10.4 Å². The first kappa shape index (κ1) is 12.2. The summed E-state index contributed by atoms with van der Waals surface area (Å²) in [7, 11) is 0. The van der Waals surface area contributed by atoms with Gasteiger partial charge in [-0.3, -0.25) is 4.79 Å². The molecule has 3 rings (SSSR count). The molecule has 1 fully saturated rings. The van der Waals surface area contributed by atoms with Crippen LogP contribution in [0, 0.1) is 0 Å². The number of thiazole rings is 1. The minimum atomic E-state index is 0.769. The number of piperazine rings is 1. The van der Waals surface area contributed by atoms with Crippen LogP contribution in [-0.2, 0) is 0 Å². The topological polar surface area (TPSA) is 36.4 Å². The Morgan fingerprint density at radius 1 is 1.11 bits per heavy atom. The van der Waals surface area contributed by atoms with Crippen LogP contribution >= 0.6 is 11.3 Å². The number of rotatable bonds is 3. The Balaban J connectivity index is 1.71. The molecule has 1 aliphatic rings. The number of anilines is 2. The van der Waals surface area contributed by atoms with E-state index in [0.29, 0.717) is 0 Å². The summed E-state index contributed by atoms with van der Waals surface area (Å²) >= 11 is 1.67. The third kappa shape index (κ3) is 2.46. The highest BCUT2D eigenvalue weighted by atomic mass is 32.1. The normalized spacial score (nSPS) is 15.6. The number of carbonyl (C=O) groups is 1. The second kappa shape index (κ2) is 5.40. The first-order valence-corrected chi connectivity index (χ1v) is 7.20. The van der Waals surface area contributed by atoms with Crippen LogP contribution in [0.2, 0.25) is 0 Å². The summed E-state index contributed by atoms with van der Waals surface area (Å²) in [6, 6.07) is 7.77. The van der Waals surface area contributed by atoms with Crippen LogP contribution in [-0.4, -0.2) is 37.4 Å². The van der Waals surface area contributed by atoms with Crippen molar-refractivity contribution in [2.45, 2.75) is 0 Å². The number of hydrogen-bond acceptors (Lipinski definition) is 5. The van der Waals surface area contributed by atoms with E-state index in [0.717, 1.165) is 48.8 Å². The van der Waals surface area contributed by atoms with Crippen molar-refractivity contribution in [3.63, 3.8) is 0 Å². The van der Waals surface area contributed by atoms with Gasteiger partial charge in [0.2, 0.25) is 0 Å². The van der Waals surface area contributed by atoms with Gasteiger partial charge in [0.15, 0.2) is 11.4 Å². The van der Waals surface area contributed by atoms with Gasteiger partial charge in [-0.2, -0.15) is 0 Å². The highest BCUT2D eigenvalue weighted by Crippen LogP contribution is 2.23. The zero-order valence-corrected chi connectivity index (χ0v) is 11.3. The number of nitrogens with zero attached hydrogens (tertiary/aromatic N) is 3. The molecule has 0 amide bonds. The van der Waals surface area contributed by atoms with E-state index < -0.39 is 0 Å². The van der Waals surface area contributed by atoms with Gasteiger partial charge in [-0.25, -0.2) is 4.98 Å². The minimum Gasteiger partial charge on any atom is -0.367 e. The molecule has 0 aliphatic carbocycles. The molecule has 1 saturated heterocycles. The highest BCUT2D eigenvalue weighted by Gasteiger charge is 2.20. The molecule has 0 unspecified atom stereocenters. The number of aromatic nitrogens is 1. The van der Waals surface area contributed by atoms with Gasteiger partial charge in [-0.15, -0.1) is 11.3 Å². The molecule has 1 aliphatic heterocycles. The number of para-hydroxylation sites is 1. The van der Waals surface area contributed by atoms with Crippen LogP contribution in [0.15, 0.2) is 35.8 Å². The molecule has 0 radical (unpaired) electrons. The van der Waals surface area contributed by atoms with E-state index in [-0.39, 0.29) is 0 Å². The molecule has 2 aromatic rings. The summed E-state index contributed by atoms with van der Waals surface area (Å²) in [5, 5.41) is 3.09. The molecule has 0 saturated carbocycles. The second-order valence-electron chi connectivity index (χ2n) is 4.47. The van der Waals surface area contributed by atoms with E-state index in [1.807, 2.05) is 35.8 Å². The number of hydrogen-bond donors (Lipinski definition) is 0. The minimum absolute atomic E-state index is 0.769. The van der Waals surface area contributed by atoms with Gasteiger partial charge in [0.05, 0.1) is 0 Å². The van der Waals surface area contributed by atoms with Crippen LogP contribution in [0.25, 0.3) is 0 Å². The average molecular weight is 273 g/mol. The lowest BCUT2D eigenvalue weighted by molar-refractivity contribution is 0.112. The monoisotopic (exact) mass is 273 g/mol. The van der Waals surface area contributed by atoms with Crippen LogP contribution in [0.4, 0.5) is 10.8 Å². The van der Waals surface area contributed by atoms with Crippen molar-refractivity contribution < 1.29 is 4.79 Å². The number of benzene rings is 1. The summed E-state index contributed by atoms with van der Waals surface area (Å²) in [5.74, 6) is 0. The third-order valence-corrected chi connectivity index (χ3v) is 4.21. The molecule has 1 aromatic carbocycles. The Kier molecular flexibility index (Phi) is 3.46. The Morgan fingerprint density at radius 2 is 1.84 bits per heavy atom. The highest BCUT2D eigenvalue weighted by molar-refractivity contribution is 7.13. The van der Waals surface area contributed by atoms with Gasteiger partial charge in [-0.1, -0.05) is 12.1 Å². The van der Waals surface area contributed by atoms with Gasteiger partial charge in [0, 0.05) is 49.0 Å². The van der Waals surface area contributed by atoms with Crippen molar-refractivity contribution in [2.75, 3.05) is 36.0 Å². The Bertz CT molecular complexity index is 548. The predicted octanol–water partition coefficient (Wildman–Crippen LogP) is 2.28. The van der Waals surface area contributed by atoms with Crippen molar-refractivity contribution in [3.8, 4) is 0 Å². The molecular formula is C14H15N3OS. The Hall–Kier alpha value is -1.88. The molecule has 4 nitrogen and oxygen atoms in total. The summed E-state index contributed by atoms with van der Waals surface area (Å²) in [5.41, 5.74) is 1.81. The molecule has 19 heavy (non-hydrogen) atoms. The van der Waals surface area contributed by atoms with E-state index >= 15 is 0 Å². The van der Waals surface area contributed by atoms with E-state index in [2.05, 4.69) is 14.8 Å². The van der Waals surface area contributed by atoms with Crippen molar-refractivity contribution in [2.24, 2.45) is 0 Å². The molecular weight excluding hydrogens is 258 g/mol. The quantitative estimate of drug-likeness (QED) is 0.804. The van der Waals surface area contributed by atoms with Gasteiger partial charge in [-0.05, 0) is 12.1 Å². The maximum Gasteiger partial charge on any atom is 0.185 e. The Morgan fingerprint density at radius 3 is 2.53 bits per heavy atom. The molecule has 0 spiro atoms. The fraction of sp³-hybridized carbons (Fsp3) is 0.286. The predicted molar refractivity (Wildman–Crippen MR) is 78.4 cm³/mol. The fourth-order valence-corrected chi connectivity index (χ4v) is 3.08. The second-order valence-corrected chi connectivity index (χ2v) is 5.34. The smallest absolute Gasteiger partial charge is 0.185 e. The van der Waals surface area contributed by atoms with E-state index in [4.69, 9.17) is 0 Å². The van der Waals surface area contributed by atoms with Gasteiger partial charge >= 0.3 is 0 Å². The number of carbonyl (C=O) groups excluding carboxylic acids is 1. The summed E-state index contributed by atoms with van der Waals surface area (Å²) in [6.45, 7) is 3.73. The molecule has 5 heteroatoms. The van der Waals surface area contributed by atoms with Gasteiger partial charge in [0.1, 0.15) is 0 Å². The van der Waals surface area contributed by atoms with E-state index in [9.17, 15) is 4.79 Å². The summed E-state index contributed by atoms with van der Waals surface area (Å²) in [6.07, 6.45) is 2.77. The summed E-state index contributed by atoms with van der Waals surface area (Å²) < 4.78 is 0. The standard InChI is InChI=1S/C14H15N3OS/c18-11-12-3-1-2-4-13(12)16-6-8-17(9-7-16)14-15-5-10-19-14/h1-5,10-11H,6-9H2. The SMILES string of the molecule is O=Cc1ccccc1N1CCN(c2nccs2)CC1. The Labute approximate surface area is 116 Å². The third-order valence-electron chi connectivity index (χ3n) is 3.37. The molecule has 1 aromatic heterocycles. The van der Waals surface area contributed by atoms with Crippen molar-refractivity contribution in [1.29, 1.82) is 0 Å². The molecule has 0 atom stereocenters. The lowest BCUT2D eigenvalue weighted by Gasteiger charge is -2.36. The van der Waals surface area contributed by atoms with E-state index in [1.165, 1.54) is 0 Å². The molecule has 2 heterocycles. The largest absolute Gasteiger partial charge is 0.367 e. The number of aldehydes is 1. The maximum absolute atomic E-state index is 11.1. The first-order chi connectivity index (χ1) is 9.38. The summed E-state index contributed by atoms with van der Waals surface area (Å²) in [4.78, 5) is 20.0. The average Bonchev–Trinajstić information content (AvgIpc) is 3.02. The van der Waals surface area contributed by atoms with Gasteiger partial charge in [0.25, 0.3) is 0 Å². The fourth-order valence-electron chi connectivity index (χ4n) is 2.39. The van der Waals surface area contributed by atoms with Crippen molar-refractivity contribution in [1.82, 2.24) is 4.98 Å². The van der Waals surface area contributed by atoms with Crippen LogP contribution in [0.5, 0.6) is 0 Å². The maximum atomic E-state index is 11.1. The zero-order valence-electron chi connectivity index (χ0n) is 10.5. The van der Waals surface area contributed by atoms with E-state index in [1.54, 1.807) is 11.3 Å². The lowest BCUT2D eigenvalue weighted by Crippen LogP contribution is -2.46. The van der Waals surface area contributed by atoms with Gasteiger partial charge < -0.3 is 9.80 Å². The molecule has 0 N–H and O–H groups in total. The lowest BCUT2D eigenvalue weighted by atomic mass is 10.1. The molecule has 98 valence electrons. The first-order valence-electron chi connectivity index (χ1n) is 6.32. The van der Waals surface area contributed by atoms with Crippen LogP contribution < -0.4 is 9.80 Å².